The number of benzene rings is 2. The third kappa shape index (κ3) is 3.20. The molecule has 0 aliphatic heterocycles. The van der Waals surface area contributed by atoms with E-state index >= 15 is 0 Å². The van der Waals surface area contributed by atoms with E-state index < -0.39 is 0 Å². The van der Waals surface area contributed by atoms with Crippen molar-refractivity contribution in [1.29, 1.82) is 0 Å². The van der Waals surface area contributed by atoms with Gasteiger partial charge in [0, 0.05) is 3.57 Å². The van der Waals surface area contributed by atoms with Crippen molar-refractivity contribution in [2.75, 3.05) is 0 Å². The molecule has 0 heterocycles. The maximum atomic E-state index is 2.32. The SMILES string of the molecule is Cc1ccc(/C=C/c2ccc(I)cc2)cc1. The fraction of sp³-hybridized carbons (Fsp3) is 0.0667. The van der Waals surface area contributed by atoms with Crippen LogP contribution >= 0.6 is 22.6 Å². The molecule has 0 atom stereocenters. The van der Waals surface area contributed by atoms with Crippen molar-refractivity contribution >= 4 is 34.7 Å². The second kappa shape index (κ2) is 5.30. The zero-order valence-corrected chi connectivity index (χ0v) is 11.3. The van der Waals surface area contributed by atoms with Crippen LogP contribution in [0.2, 0.25) is 0 Å². The van der Waals surface area contributed by atoms with Crippen molar-refractivity contribution in [1.82, 2.24) is 0 Å². The van der Waals surface area contributed by atoms with Gasteiger partial charge in [0.1, 0.15) is 0 Å². The van der Waals surface area contributed by atoms with E-state index in [2.05, 4.69) is 90.2 Å². The summed E-state index contributed by atoms with van der Waals surface area (Å²) in [6, 6.07) is 17.0. The molecule has 80 valence electrons. The molecule has 16 heavy (non-hydrogen) atoms. The quantitative estimate of drug-likeness (QED) is 0.552. The number of rotatable bonds is 2. The van der Waals surface area contributed by atoms with Gasteiger partial charge < -0.3 is 0 Å². The van der Waals surface area contributed by atoms with Gasteiger partial charge in [-0.05, 0) is 52.8 Å². The van der Waals surface area contributed by atoms with Gasteiger partial charge in [0.2, 0.25) is 0 Å². The minimum absolute atomic E-state index is 1.24. The Labute approximate surface area is 110 Å². The van der Waals surface area contributed by atoms with Gasteiger partial charge in [-0.25, -0.2) is 0 Å². The van der Waals surface area contributed by atoms with Gasteiger partial charge in [-0.1, -0.05) is 54.1 Å². The van der Waals surface area contributed by atoms with Crippen LogP contribution in [0, 0.1) is 10.5 Å². The van der Waals surface area contributed by atoms with Crippen LogP contribution in [0.5, 0.6) is 0 Å². The van der Waals surface area contributed by atoms with E-state index in [1.807, 2.05) is 0 Å². The van der Waals surface area contributed by atoms with Crippen LogP contribution < -0.4 is 0 Å². The first-order valence-electron chi connectivity index (χ1n) is 5.24. The minimum atomic E-state index is 1.24. The zero-order valence-electron chi connectivity index (χ0n) is 9.15. The summed E-state index contributed by atoms with van der Waals surface area (Å²) < 4.78 is 1.27. The van der Waals surface area contributed by atoms with E-state index in [1.165, 1.54) is 20.3 Å². The summed E-state index contributed by atoms with van der Waals surface area (Å²) in [6.45, 7) is 2.10. The maximum absolute atomic E-state index is 2.32. The molecule has 0 bridgehead atoms. The molecule has 0 aromatic heterocycles. The fourth-order valence-corrected chi connectivity index (χ4v) is 1.80. The lowest BCUT2D eigenvalue weighted by molar-refractivity contribution is 1.46. The first-order valence-corrected chi connectivity index (χ1v) is 6.32. The highest BCUT2D eigenvalue weighted by atomic mass is 127. The van der Waals surface area contributed by atoms with Crippen LogP contribution in [-0.4, -0.2) is 0 Å². The Bertz CT molecular complexity index is 430. The maximum Gasteiger partial charge on any atom is 0.0130 e. The normalized spacial score (nSPS) is 10.9. The predicted octanol–water partition coefficient (Wildman–Crippen LogP) is 4.77. The lowest BCUT2D eigenvalue weighted by Gasteiger charge is -1.96. The number of halogens is 1. The van der Waals surface area contributed by atoms with Gasteiger partial charge >= 0.3 is 0 Å². The van der Waals surface area contributed by atoms with E-state index in [0.717, 1.165) is 0 Å². The fourth-order valence-electron chi connectivity index (χ4n) is 1.44. The Morgan fingerprint density at radius 1 is 0.750 bits per heavy atom. The number of hydrogen-bond acceptors (Lipinski definition) is 0. The molecular weight excluding hydrogens is 307 g/mol. The molecule has 0 nitrogen and oxygen atoms in total. The average Bonchev–Trinajstić information content (AvgIpc) is 2.30. The Morgan fingerprint density at radius 2 is 1.19 bits per heavy atom. The smallest absolute Gasteiger partial charge is 0.0130 e. The molecule has 2 aromatic carbocycles. The number of hydrogen-bond donors (Lipinski definition) is 0. The molecule has 0 unspecified atom stereocenters. The third-order valence-electron chi connectivity index (χ3n) is 2.42. The lowest BCUT2D eigenvalue weighted by Crippen LogP contribution is -1.75. The van der Waals surface area contributed by atoms with Crippen molar-refractivity contribution in [2.24, 2.45) is 0 Å². The second-order valence-electron chi connectivity index (χ2n) is 3.80. The third-order valence-corrected chi connectivity index (χ3v) is 3.13. The van der Waals surface area contributed by atoms with Crippen LogP contribution in [0.3, 0.4) is 0 Å². The largest absolute Gasteiger partial charge is 0.0587 e. The summed E-state index contributed by atoms with van der Waals surface area (Å²) in [5.41, 5.74) is 3.77. The highest BCUT2D eigenvalue weighted by molar-refractivity contribution is 14.1. The minimum Gasteiger partial charge on any atom is -0.0587 e. The van der Waals surface area contributed by atoms with Gasteiger partial charge in [-0.2, -0.15) is 0 Å². The molecular formula is C15H13I. The summed E-state index contributed by atoms with van der Waals surface area (Å²) in [5.74, 6) is 0. The summed E-state index contributed by atoms with van der Waals surface area (Å²) in [5, 5.41) is 0. The molecule has 1 heteroatoms. The first-order chi connectivity index (χ1) is 7.74. The highest BCUT2D eigenvalue weighted by Crippen LogP contribution is 2.11. The summed E-state index contributed by atoms with van der Waals surface area (Å²) in [6.07, 6.45) is 4.28. The van der Waals surface area contributed by atoms with Crippen LogP contribution in [0.25, 0.3) is 12.2 Å². The van der Waals surface area contributed by atoms with E-state index in [-0.39, 0.29) is 0 Å². The molecule has 0 spiro atoms. The van der Waals surface area contributed by atoms with Crippen LogP contribution in [-0.2, 0) is 0 Å². The average molecular weight is 320 g/mol. The van der Waals surface area contributed by atoms with Gasteiger partial charge in [-0.3, -0.25) is 0 Å². The molecule has 0 fully saturated rings. The summed E-state index contributed by atoms with van der Waals surface area (Å²) in [7, 11) is 0. The predicted molar refractivity (Wildman–Crippen MR) is 79.3 cm³/mol. The van der Waals surface area contributed by atoms with E-state index in [9.17, 15) is 0 Å². The standard InChI is InChI=1S/C15H13I/c1-12-2-4-13(5-3-12)6-7-14-8-10-15(16)11-9-14/h2-11H,1H3/b7-6+. The topological polar surface area (TPSA) is 0 Å². The molecule has 0 saturated heterocycles. The van der Waals surface area contributed by atoms with E-state index in [4.69, 9.17) is 0 Å². The van der Waals surface area contributed by atoms with Gasteiger partial charge in [0.05, 0.1) is 0 Å². The zero-order chi connectivity index (χ0) is 11.4. The van der Waals surface area contributed by atoms with Crippen LogP contribution in [0.15, 0.2) is 48.5 Å². The highest BCUT2D eigenvalue weighted by Gasteiger charge is 1.89. The Morgan fingerprint density at radius 3 is 1.69 bits per heavy atom. The van der Waals surface area contributed by atoms with Crippen molar-refractivity contribution in [2.45, 2.75) is 6.92 Å². The summed E-state index contributed by atoms with van der Waals surface area (Å²) in [4.78, 5) is 0. The Balaban J connectivity index is 2.15. The Kier molecular flexibility index (Phi) is 3.78. The van der Waals surface area contributed by atoms with Crippen molar-refractivity contribution in [3.63, 3.8) is 0 Å². The second-order valence-corrected chi connectivity index (χ2v) is 5.04. The lowest BCUT2D eigenvalue weighted by atomic mass is 10.1. The van der Waals surface area contributed by atoms with Crippen LogP contribution in [0.4, 0.5) is 0 Å². The number of aryl methyl sites for hydroxylation is 1. The van der Waals surface area contributed by atoms with Crippen LogP contribution in [0.1, 0.15) is 16.7 Å². The van der Waals surface area contributed by atoms with Crippen molar-refractivity contribution < 1.29 is 0 Å². The van der Waals surface area contributed by atoms with Gasteiger partial charge in [0.25, 0.3) is 0 Å². The molecule has 0 aliphatic carbocycles. The Hall–Kier alpha value is -1.09. The molecule has 2 rings (SSSR count). The molecule has 0 radical (unpaired) electrons. The molecule has 0 N–H and O–H groups in total. The van der Waals surface area contributed by atoms with E-state index in [1.54, 1.807) is 0 Å². The molecule has 0 aliphatic rings. The van der Waals surface area contributed by atoms with Gasteiger partial charge in [0.15, 0.2) is 0 Å². The van der Waals surface area contributed by atoms with Crippen molar-refractivity contribution in [3.05, 3.63) is 68.8 Å². The molecule has 0 amide bonds. The molecule has 0 saturated carbocycles. The summed E-state index contributed by atoms with van der Waals surface area (Å²) >= 11 is 2.32. The van der Waals surface area contributed by atoms with E-state index in [0.29, 0.717) is 0 Å². The first kappa shape index (κ1) is 11.4. The van der Waals surface area contributed by atoms with Crippen molar-refractivity contribution in [3.8, 4) is 0 Å². The molecule has 2 aromatic rings. The van der Waals surface area contributed by atoms with Gasteiger partial charge in [-0.15, -0.1) is 0 Å². The monoisotopic (exact) mass is 320 g/mol.